The fourth-order valence-electron chi connectivity index (χ4n) is 3.21. The van der Waals surface area contributed by atoms with Crippen LogP contribution in [0.15, 0.2) is 54.2 Å². The second kappa shape index (κ2) is 10.7. The highest BCUT2D eigenvalue weighted by molar-refractivity contribution is 7.09. The monoisotopic (exact) mass is 468 g/mol. The molecule has 0 spiro atoms. The lowest BCUT2D eigenvalue weighted by Gasteiger charge is -2.26. The van der Waals surface area contributed by atoms with Crippen molar-refractivity contribution >= 4 is 28.7 Å². The molecule has 0 atom stereocenters. The van der Waals surface area contributed by atoms with Gasteiger partial charge in [0.25, 0.3) is 0 Å². The predicted molar refractivity (Wildman–Crippen MR) is 133 cm³/mol. The van der Waals surface area contributed by atoms with Crippen molar-refractivity contribution in [1.29, 1.82) is 0 Å². The van der Waals surface area contributed by atoms with Crippen molar-refractivity contribution in [3.05, 3.63) is 64.6 Å². The molecule has 0 radical (unpaired) electrons. The van der Waals surface area contributed by atoms with Crippen LogP contribution < -0.4 is 14.4 Å². The Hall–Kier alpha value is -3.06. The minimum Gasteiger partial charge on any atom is -0.490 e. The molecular formula is C26H32N2O4S. The van der Waals surface area contributed by atoms with Crippen LogP contribution >= 0.6 is 11.3 Å². The van der Waals surface area contributed by atoms with Crippen LogP contribution in [-0.2, 0) is 11.3 Å². The van der Waals surface area contributed by atoms with E-state index in [1.807, 2.05) is 83.6 Å². The van der Waals surface area contributed by atoms with Gasteiger partial charge in [0.2, 0.25) is 0 Å². The Balaban J connectivity index is 1.95. The van der Waals surface area contributed by atoms with E-state index in [2.05, 4.69) is 9.88 Å². The predicted octanol–water partition coefficient (Wildman–Crippen LogP) is 6.62. The first-order chi connectivity index (χ1) is 15.7. The van der Waals surface area contributed by atoms with Crippen molar-refractivity contribution in [2.75, 3.05) is 11.5 Å². The lowest BCUT2D eigenvalue weighted by molar-refractivity contribution is 0.00695. The molecule has 176 valence electrons. The zero-order valence-electron chi connectivity index (χ0n) is 20.1. The summed E-state index contributed by atoms with van der Waals surface area (Å²) in [6.45, 7) is 12.7. The molecule has 3 aromatic rings. The minimum atomic E-state index is -0.538. The number of carbonyl (C=O) groups is 1. The molecule has 1 aromatic heterocycles. The highest BCUT2D eigenvalue weighted by Crippen LogP contribution is 2.37. The molecule has 0 amide bonds. The summed E-state index contributed by atoms with van der Waals surface area (Å²) in [6, 6.07) is 13.4. The van der Waals surface area contributed by atoms with Gasteiger partial charge in [-0.15, -0.1) is 11.3 Å². The normalized spacial score (nSPS) is 11.4. The molecule has 0 saturated carbocycles. The van der Waals surface area contributed by atoms with E-state index in [4.69, 9.17) is 14.2 Å². The summed E-state index contributed by atoms with van der Waals surface area (Å²) in [6.07, 6.45) is 1.91. The quantitative estimate of drug-likeness (QED) is 0.329. The number of anilines is 2. The van der Waals surface area contributed by atoms with Crippen molar-refractivity contribution in [3.8, 4) is 11.5 Å². The summed E-state index contributed by atoms with van der Waals surface area (Å²) in [5.41, 5.74) is 3.69. The van der Waals surface area contributed by atoms with E-state index in [-0.39, 0.29) is 12.1 Å². The zero-order chi connectivity index (χ0) is 24.0. The second-order valence-corrected chi connectivity index (χ2v) is 9.80. The Kier molecular flexibility index (Phi) is 7.97. The second-order valence-electron chi connectivity index (χ2n) is 8.83. The largest absolute Gasteiger partial charge is 0.490 e. The van der Waals surface area contributed by atoms with Crippen LogP contribution in [0.5, 0.6) is 11.5 Å². The highest BCUT2D eigenvalue weighted by Gasteiger charge is 2.19. The average molecular weight is 469 g/mol. The van der Waals surface area contributed by atoms with Crippen LogP contribution in [0, 0.1) is 0 Å². The molecule has 6 nitrogen and oxygen atoms in total. The van der Waals surface area contributed by atoms with Crippen LogP contribution in [0.25, 0.3) is 0 Å². The molecule has 0 saturated heterocycles. The summed E-state index contributed by atoms with van der Waals surface area (Å²) in [5.74, 6) is 1.08. The van der Waals surface area contributed by atoms with E-state index in [0.29, 0.717) is 30.2 Å². The summed E-state index contributed by atoms with van der Waals surface area (Å²) >= 11 is 1.60. The molecule has 2 aromatic carbocycles. The number of thiazole rings is 1. The number of benzene rings is 2. The Morgan fingerprint density at radius 2 is 1.76 bits per heavy atom. The molecule has 1 heterocycles. The van der Waals surface area contributed by atoms with Gasteiger partial charge in [0.15, 0.2) is 11.5 Å². The van der Waals surface area contributed by atoms with Gasteiger partial charge in [0, 0.05) is 28.5 Å². The molecule has 0 unspecified atom stereocenters. The molecule has 7 heteroatoms. The van der Waals surface area contributed by atoms with Crippen molar-refractivity contribution < 1.29 is 19.0 Å². The van der Waals surface area contributed by atoms with Gasteiger partial charge in [-0.05, 0) is 77.9 Å². The van der Waals surface area contributed by atoms with Crippen molar-refractivity contribution in [3.63, 3.8) is 0 Å². The fraction of sp³-hybridized carbons (Fsp3) is 0.385. The van der Waals surface area contributed by atoms with Gasteiger partial charge in [-0.2, -0.15) is 0 Å². The SMILES string of the molecule is CCOc1cc(N(Cc2cncs2)c2ccc(C(=O)OC(C)(C)C)cc2)ccc1OC(C)C. The summed E-state index contributed by atoms with van der Waals surface area (Å²) in [5, 5.41) is 0. The average Bonchev–Trinajstić information content (AvgIpc) is 3.25. The van der Waals surface area contributed by atoms with Gasteiger partial charge in [-0.1, -0.05) is 0 Å². The Bertz CT molecular complexity index is 1040. The lowest BCUT2D eigenvalue weighted by Crippen LogP contribution is -2.24. The molecule has 0 bridgehead atoms. The third-order valence-corrected chi connectivity index (χ3v) is 5.28. The maximum atomic E-state index is 12.4. The Morgan fingerprint density at radius 1 is 1.06 bits per heavy atom. The van der Waals surface area contributed by atoms with Crippen LogP contribution in [0.4, 0.5) is 11.4 Å². The van der Waals surface area contributed by atoms with Crippen LogP contribution in [0.2, 0.25) is 0 Å². The summed E-state index contributed by atoms with van der Waals surface area (Å²) in [7, 11) is 0. The first-order valence-electron chi connectivity index (χ1n) is 11.1. The number of esters is 1. The Morgan fingerprint density at radius 3 is 2.33 bits per heavy atom. The van der Waals surface area contributed by atoms with Gasteiger partial charge in [0.05, 0.1) is 30.3 Å². The molecule has 33 heavy (non-hydrogen) atoms. The van der Waals surface area contributed by atoms with Crippen molar-refractivity contribution in [2.45, 2.75) is 59.8 Å². The molecule has 3 rings (SSSR count). The highest BCUT2D eigenvalue weighted by atomic mass is 32.1. The van der Waals surface area contributed by atoms with Crippen LogP contribution in [0.3, 0.4) is 0 Å². The maximum absolute atomic E-state index is 12.4. The van der Waals surface area contributed by atoms with Gasteiger partial charge < -0.3 is 19.1 Å². The fourth-order valence-corrected chi connectivity index (χ4v) is 3.79. The van der Waals surface area contributed by atoms with Crippen molar-refractivity contribution in [1.82, 2.24) is 4.98 Å². The van der Waals surface area contributed by atoms with E-state index in [1.54, 1.807) is 23.5 Å². The molecule has 0 fully saturated rings. The first-order valence-corrected chi connectivity index (χ1v) is 12.0. The maximum Gasteiger partial charge on any atom is 0.338 e. The van der Waals surface area contributed by atoms with Crippen LogP contribution in [-0.4, -0.2) is 29.3 Å². The minimum absolute atomic E-state index is 0.0451. The van der Waals surface area contributed by atoms with E-state index in [0.717, 1.165) is 16.3 Å². The first kappa shape index (κ1) is 24.6. The number of hydrogen-bond donors (Lipinski definition) is 0. The number of aromatic nitrogens is 1. The molecule has 0 aliphatic heterocycles. The van der Waals surface area contributed by atoms with E-state index >= 15 is 0 Å². The van der Waals surface area contributed by atoms with Crippen molar-refractivity contribution in [2.24, 2.45) is 0 Å². The number of rotatable bonds is 9. The topological polar surface area (TPSA) is 60.9 Å². The third kappa shape index (κ3) is 6.96. The van der Waals surface area contributed by atoms with Gasteiger partial charge >= 0.3 is 5.97 Å². The molecular weight excluding hydrogens is 436 g/mol. The summed E-state index contributed by atoms with van der Waals surface area (Å²) in [4.78, 5) is 19.9. The van der Waals surface area contributed by atoms with E-state index < -0.39 is 5.60 Å². The zero-order valence-corrected chi connectivity index (χ0v) is 20.9. The van der Waals surface area contributed by atoms with Gasteiger partial charge in [-0.25, -0.2) is 4.79 Å². The number of nitrogens with zero attached hydrogens (tertiary/aromatic N) is 2. The molecule has 0 aliphatic rings. The number of ether oxygens (including phenoxy) is 3. The van der Waals surface area contributed by atoms with Gasteiger partial charge in [-0.3, -0.25) is 4.98 Å². The standard InChI is InChI=1S/C26H32N2O4S/c1-7-30-24-14-21(12-13-23(24)31-18(2)3)28(16-22-15-27-17-33-22)20-10-8-19(9-11-20)25(29)32-26(4,5)6/h8-15,17-18H,7,16H2,1-6H3. The number of carbonyl (C=O) groups excluding carboxylic acids is 1. The van der Waals surface area contributed by atoms with E-state index in [1.165, 1.54) is 0 Å². The number of hydrogen-bond acceptors (Lipinski definition) is 7. The molecule has 0 N–H and O–H groups in total. The van der Waals surface area contributed by atoms with E-state index in [9.17, 15) is 4.79 Å². The van der Waals surface area contributed by atoms with Crippen LogP contribution in [0.1, 0.15) is 56.8 Å². The lowest BCUT2D eigenvalue weighted by atomic mass is 10.1. The molecule has 0 aliphatic carbocycles. The third-order valence-electron chi connectivity index (χ3n) is 4.51. The summed E-state index contributed by atoms with van der Waals surface area (Å²) < 4.78 is 17.3. The van der Waals surface area contributed by atoms with Gasteiger partial charge in [0.1, 0.15) is 5.60 Å². The smallest absolute Gasteiger partial charge is 0.338 e. The Labute approximate surface area is 200 Å².